The van der Waals surface area contributed by atoms with Gasteiger partial charge < -0.3 is 104 Å². The molecule has 0 spiro atoms. The van der Waals surface area contributed by atoms with Crippen LogP contribution in [0.1, 0.15) is 28.7 Å². The third-order valence-electron chi connectivity index (χ3n) is 12.7. The molecule has 76 heavy (non-hydrogen) atoms. The van der Waals surface area contributed by atoms with Gasteiger partial charge in [-0.3, -0.25) is 4.79 Å². The first-order valence-corrected chi connectivity index (χ1v) is 23.9. The summed E-state index contributed by atoms with van der Waals surface area (Å²) >= 11 is 0. The summed E-state index contributed by atoms with van der Waals surface area (Å²) in [6.45, 7) is -3.25. The van der Waals surface area contributed by atoms with E-state index >= 15 is 0 Å². The van der Waals surface area contributed by atoms with Crippen molar-refractivity contribution in [2.45, 2.75) is 124 Å². The molecule has 7 rings (SSSR count). The summed E-state index contributed by atoms with van der Waals surface area (Å²) in [6.07, 6.45) is -24.1. The fraction of sp³-hybridized carbons (Fsp3) is 0.442. The van der Waals surface area contributed by atoms with Crippen molar-refractivity contribution in [1.82, 2.24) is 0 Å². The normalized spacial score (nSPS) is 30.4. The molecular formula is C52H60O24. The molecule has 0 amide bonds. The molecule has 0 bridgehead atoms. The van der Waals surface area contributed by atoms with Crippen molar-refractivity contribution in [3.8, 4) is 17.2 Å². The van der Waals surface area contributed by atoms with Crippen LogP contribution in [-0.4, -0.2) is 197 Å². The summed E-state index contributed by atoms with van der Waals surface area (Å²) in [5.41, 5.74) is -1.05. The molecule has 0 aliphatic carbocycles. The number of hydrogen-bond acceptors (Lipinski definition) is 24. The van der Waals surface area contributed by atoms with Gasteiger partial charge in [-0.2, -0.15) is 0 Å². The molecule has 0 radical (unpaired) electrons. The summed E-state index contributed by atoms with van der Waals surface area (Å²) in [7, 11) is 0. The zero-order valence-electron chi connectivity index (χ0n) is 40.3. The molecule has 24 nitrogen and oxygen atoms in total. The van der Waals surface area contributed by atoms with Crippen molar-refractivity contribution >= 4 is 24.0 Å². The number of hydrogen-bond donors (Lipinski definition) is 12. The van der Waals surface area contributed by atoms with E-state index in [4.69, 9.17) is 42.6 Å². The molecule has 412 valence electrons. The van der Waals surface area contributed by atoms with E-state index in [1.54, 1.807) is 30.3 Å². The van der Waals surface area contributed by atoms with E-state index in [0.29, 0.717) is 16.7 Å². The van der Waals surface area contributed by atoms with E-state index in [1.165, 1.54) is 78.9 Å². The predicted octanol–water partition coefficient (Wildman–Crippen LogP) is -2.01. The van der Waals surface area contributed by atoms with Gasteiger partial charge >= 0.3 is 17.9 Å². The quantitative estimate of drug-likeness (QED) is 0.0244. The Morgan fingerprint density at radius 3 is 1.49 bits per heavy atom. The highest BCUT2D eigenvalue weighted by Crippen LogP contribution is 2.35. The monoisotopic (exact) mass is 1070 g/mol. The highest BCUT2D eigenvalue weighted by Gasteiger charge is 2.54. The van der Waals surface area contributed by atoms with Gasteiger partial charge in [0.1, 0.15) is 97.6 Å². The summed E-state index contributed by atoms with van der Waals surface area (Å²) in [5, 5.41) is 123. The topological polar surface area (TPSA) is 377 Å². The van der Waals surface area contributed by atoms with Crippen molar-refractivity contribution in [3.63, 3.8) is 0 Å². The third-order valence-corrected chi connectivity index (χ3v) is 12.7. The fourth-order valence-electron chi connectivity index (χ4n) is 8.34. The highest BCUT2D eigenvalue weighted by molar-refractivity contribution is 5.87. The van der Waals surface area contributed by atoms with Crippen LogP contribution in [0.25, 0.3) is 6.08 Å². The van der Waals surface area contributed by atoms with Gasteiger partial charge in [-0.05, 0) is 64.7 Å². The molecule has 3 aliphatic heterocycles. The zero-order chi connectivity index (χ0) is 54.7. The molecular weight excluding hydrogens is 1010 g/mol. The number of esters is 3. The summed E-state index contributed by atoms with van der Waals surface area (Å²) < 4.78 is 51.5. The molecule has 4 aromatic carbocycles. The van der Waals surface area contributed by atoms with Crippen molar-refractivity contribution < 1.29 is 118 Å². The Labute approximate surface area is 433 Å². The number of aromatic hydroxyl groups is 1. The summed E-state index contributed by atoms with van der Waals surface area (Å²) in [6, 6.07) is 25.3. The number of benzene rings is 4. The molecule has 3 heterocycles. The first-order chi connectivity index (χ1) is 36.4. The van der Waals surface area contributed by atoms with Crippen LogP contribution >= 0.6 is 0 Å². The van der Waals surface area contributed by atoms with Gasteiger partial charge in [0, 0.05) is 12.5 Å². The van der Waals surface area contributed by atoms with E-state index in [2.05, 4.69) is 0 Å². The van der Waals surface area contributed by atoms with Crippen LogP contribution in [0.15, 0.2) is 109 Å². The Balaban J connectivity index is 1.15. The van der Waals surface area contributed by atoms with Crippen LogP contribution in [0.2, 0.25) is 0 Å². The number of carbonyl (C=O) groups excluding carboxylic acids is 3. The highest BCUT2D eigenvalue weighted by atomic mass is 16.7. The van der Waals surface area contributed by atoms with Crippen LogP contribution in [0.3, 0.4) is 0 Å². The van der Waals surface area contributed by atoms with Gasteiger partial charge in [0.25, 0.3) is 0 Å². The minimum Gasteiger partial charge on any atom is -0.508 e. The molecule has 3 aliphatic rings. The number of rotatable bonds is 21. The molecule has 16 atom stereocenters. The smallest absolute Gasteiger partial charge is 0.339 e. The number of aliphatic hydroxyl groups excluding tert-OH is 11. The second kappa shape index (κ2) is 26.3. The van der Waals surface area contributed by atoms with Gasteiger partial charge in [-0.25, -0.2) is 9.59 Å². The number of carbonyl (C=O) groups is 3. The third kappa shape index (κ3) is 14.2. The molecule has 12 N–H and O–H groups in total. The largest absolute Gasteiger partial charge is 0.508 e. The van der Waals surface area contributed by atoms with E-state index in [1.807, 2.05) is 0 Å². The Bertz CT molecular complexity index is 2510. The zero-order valence-corrected chi connectivity index (χ0v) is 40.3. The van der Waals surface area contributed by atoms with Crippen molar-refractivity contribution in [1.29, 1.82) is 0 Å². The Morgan fingerprint density at radius 1 is 0.526 bits per heavy atom. The van der Waals surface area contributed by atoms with Crippen LogP contribution in [0.5, 0.6) is 17.2 Å². The van der Waals surface area contributed by atoms with E-state index in [9.17, 15) is 75.7 Å². The molecule has 0 saturated carbocycles. The molecule has 24 heteroatoms. The lowest BCUT2D eigenvalue weighted by Crippen LogP contribution is -2.63. The maximum absolute atomic E-state index is 14.9. The molecule has 0 aromatic heterocycles. The van der Waals surface area contributed by atoms with Gasteiger partial charge in [-0.1, -0.05) is 66.7 Å². The van der Waals surface area contributed by atoms with Crippen LogP contribution in [0.4, 0.5) is 0 Å². The van der Waals surface area contributed by atoms with Gasteiger partial charge in [-0.15, -0.1) is 0 Å². The Kier molecular flexibility index (Phi) is 19.9. The van der Waals surface area contributed by atoms with Gasteiger partial charge in [0.15, 0.2) is 18.0 Å². The van der Waals surface area contributed by atoms with Crippen LogP contribution in [0, 0.1) is 0 Å². The average molecular weight is 1070 g/mol. The fourth-order valence-corrected chi connectivity index (χ4v) is 8.34. The number of phenolic OH excluding ortho intramolecular Hbond substituents is 1. The lowest BCUT2D eigenvalue weighted by Gasteiger charge is -2.44. The van der Waals surface area contributed by atoms with E-state index in [0.717, 1.165) is 6.08 Å². The first kappa shape index (κ1) is 57.5. The number of phenols is 1. The SMILES string of the molecule is O=C(/C=C/c1ccccc1)O[C@H]1[C@H](OC(CC(=O)OCc2ccc(O[C@@H]3O[C@H](CO)[C@@H](O)[C@H](O)[C@H]3O)cc2)(Cc2ccc(O)cc2)C(=O)OCc2ccc(O[C@@H]3O[C@H](CO)[C@@H](O)[C@H](O)[C@H]3O)cc2)O[C@H](CO)[C@@H](O)[C@@H]1O. The first-order valence-electron chi connectivity index (χ1n) is 23.9. The van der Waals surface area contributed by atoms with Crippen molar-refractivity contribution in [3.05, 3.63) is 131 Å². The molecule has 1 unspecified atom stereocenters. The second-order valence-corrected chi connectivity index (χ2v) is 18.1. The van der Waals surface area contributed by atoms with Crippen LogP contribution < -0.4 is 9.47 Å². The van der Waals surface area contributed by atoms with Gasteiger partial charge in [0.2, 0.25) is 12.6 Å². The van der Waals surface area contributed by atoms with E-state index in [-0.39, 0.29) is 22.8 Å². The maximum Gasteiger partial charge on any atom is 0.339 e. The van der Waals surface area contributed by atoms with Gasteiger partial charge in [0.05, 0.1) is 26.2 Å². The minimum atomic E-state index is -2.56. The lowest BCUT2D eigenvalue weighted by atomic mass is 9.89. The summed E-state index contributed by atoms with van der Waals surface area (Å²) in [5.74, 6) is -3.40. The van der Waals surface area contributed by atoms with E-state index < -0.39 is 162 Å². The van der Waals surface area contributed by atoms with Crippen molar-refractivity contribution in [2.75, 3.05) is 19.8 Å². The molecule has 3 saturated heterocycles. The Morgan fingerprint density at radius 2 is 0.987 bits per heavy atom. The number of ether oxygens (including phenoxy) is 9. The number of aliphatic hydroxyl groups is 11. The predicted molar refractivity (Wildman–Crippen MR) is 255 cm³/mol. The second-order valence-electron chi connectivity index (χ2n) is 18.1. The Hall–Kier alpha value is -6.17. The molecule has 3 fully saturated rings. The molecule has 4 aromatic rings. The average Bonchev–Trinajstić information content (AvgIpc) is 3.42. The maximum atomic E-state index is 14.9. The van der Waals surface area contributed by atoms with Crippen molar-refractivity contribution in [2.24, 2.45) is 0 Å². The van der Waals surface area contributed by atoms with Crippen LogP contribution in [-0.2, 0) is 67.2 Å². The minimum absolute atomic E-state index is 0.0796. The standard InChI is InChI=1S/C52H60O24/c53-22-34-39(59)42(62)45(65)48(72-34)70-32-15-8-29(9-16-32)25-68-38(58)21-52(20-28-6-13-31(56)14-7-28,51(67)69-26-30-10-17-33(18-11-30)71-49-46(66)43(63)40(60)35(23-54)73-49)76-50-47(44(64)41(61)36(24-55)74-50)75-37(57)19-12-27-4-2-1-3-5-27/h1-19,34-36,39-50,53-56,59-66H,20-26H2/b19-12+/t34-,35-,36-,39-,40-,41-,42+,43+,44+,45-,46-,47-,48-,49-,50+,52?/m1/s1. The summed E-state index contributed by atoms with van der Waals surface area (Å²) in [4.78, 5) is 42.4. The lowest BCUT2D eigenvalue weighted by molar-refractivity contribution is -0.326.